The molecule has 0 aliphatic carbocycles. The quantitative estimate of drug-likeness (QED) is 0.350. The van der Waals surface area contributed by atoms with E-state index in [1.165, 1.54) is 16.8 Å². The van der Waals surface area contributed by atoms with Crippen molar-refractivity contribution in [2.45, 2.75) is 6.92 Å². The van der Waals surface area contributed by atoms with Crippen LogP contribution >= 0.6 is 0 Å². The minimum Gasteiger partial charge on any atom is -0.261 e. The fraction of sp³-hybridized carbons (Fsp3) is 0.0952. The average Bonchev–Trinajstić information content (AvgIpc) is 2.99. The SMILES string of the molecule is Cc1ccc2n(C)c(-c3ccc(/C=N/Nc4ccccn4)cc3)c[n+]2c1. The maximum absolute atomic E-state index is 4.23. The highest BCUT2D eigenvalue weighted by atomic mass is 15.3. The fourth-order valence-electron chi connectivity index (χ4n) is 2.96. The van der Waals surface area contributed by atoms with Crippen molar-refractivity contribution in [2.75, 3.05) is 5.43 Å². The zero-order valence-corrected chi connectivity index (χ0v) is 14.8. The smallest absolute Gasteiger partial charge is 0.261 e. The molecule has 0 fully saturated rings. The number of hydrazone groups is 1. The molecule has 3 heterocycles. The highest BCUT2D eigenvalue weighted by Gasteiger charge is 2.15. The van der Waals surface area contributed by atoms with E-state index in [2.05, 4.69) is 87.2 Å². The van der Waals surface area contributed by atoms with Gasteiger partial charge in [0, 0.05) is 17.8 Å². The Kier molecular flexibility index (Phi) is 4.19. The number of nitrogens with zero attached hydrogens (tertiary/aromatic N) is 4. The molecule has 0 saturated heterocycles. The van der Waals surface area contributed by atoms with Gasteiger partial charge in [-0.25, -0.2) is 14.0 Å². The van der Waals surface area contributed by atoms with Crippen molar-refractivity contribution in [3.05, 3.63) is 84.3 Å². The third-order valence-electron chi connectivity index (χ3n) is 4.33. The second-order valence-corrected chi connectivity index (χ2v) is 6.25. The Labute approximate surface area is 152 Å². The number of aromatic nitrogens is 3. The van der Waals surface area contributed by atoms with E-state index < -0.39 is 0 Å². The van der Waals surface area contributed by atoms with Crippen molar-refractivity contribution in [2.24, 2.45) is 12.1 Å². The van der Waals surface area contributed by atoms with Gasteiger partial charge in [-0.3, -0.25) is 5.43 Å². The highest BCUT2D eigenvalue weighted by molar-refractivity contribution is 5.81. The molecular formula is C21H20N5+. The molecule has 0 bridgehead atoms. The molecule has 0 spiro atoms. The number of aryl methyl sites for hydroxylation is 2. The van der Waals surface area contributed by atoms with Crippen LogP contribution in [0.5, 0.6) is 0 Å². The molecule has 26 heavy (non-hydrogen) atoms. The highest BCUT2D eigenvalue weighted by Crippen LogP contribution is 2.20. The van der Waals surface area contributed by atoms with Gasteiger partial charge in [-0.2, -0.15) is 5.10 Å². The van der Waals surface area contributed by atoms with Crippen LogP contribution in [-0.4, -0.2) is 15.8 Å². The van der Waals surface area contributed by atoms with Crippen LogP contribution in [0.1, 0.15) is 11.1 Å². The Balaban J connectivity index is 1.55. The normalized spacial score (nSPS) is 11.3. The largest absolute Gasteiger partial charge is 0.286 e. The molecule has 3 aromatic heterocycles. The van der Waals surface area contributed by atoms with Crippen molar-refractivity contribution in [1.82, 2.24) is 9.55 Å². The molecule has 0 amide bonds. The lowest BCUT2D eigenvalue weighted by Crippen LogP contribution is -2.18. The molecule has 4 rings (SSSR count). The lowest BCUT2D eigenvalue weighted by molar-refractivity contribution is -0.510. The van der Waals surface area contributed by atoms with Gasteiger partial charge in [0.15, 0.2) is 5.69 Å². The summed E-state index contributed by atoms with van der Waals surface area (Å²) in [5.41, 5.74) is 8.70. The van der Waals surface area contributed by atoms with Gasteiger partial charge in [-0.05, 0) is 48.4 Å². The number of anilines is 1. The van der Waals surface area contributed by atoms with Crippen molar-refractivity contribution in [1.29, 1.82) is 0 Å². The predicted octanol–water partition coefficient (Wildman–Crippen LogP) is 3.58. The van der Waals surface area contributed by atoms with Crippen LogP contribution in [0, 0.1) is 6.92 Å². The number of rotatable bonds is 4. The van der Waals surface area contributed by atoms with Crippen LogP contribution < -0.4 is 9.83 Å². The standard InChI is InChI=1S/C21H20N5/c1-16-6-11-21-25(2)19(15-26(21)14-16)18-9-7-17(8-10-18)13-23-24-20-5-3-4-12-22-20/h3-15H,1-2H3,(H,22,24)/q+1/b23-13+. The second kappa shape index (κ2) is 6.80. The molecule has 5 nitrogen and oxygen atoms in total. The monoisotopic (exact) mass is 342 g/mol. The molecule has 128 valence electrons. The van der Waals surface area contributed by atoms with E-state index in [4.69, 9.17) is 0 Å². The third-order valence-corrected chi connectivity index (χ3v) is 4.33. The summed E-state index contributed by atoms with van der Waals surface area (Å²) >= 11 is 0. The van der Waals surface area contributed by atoms with Crippen LogP contribution in [0.25, 0.3) is 16.9 Å². The minimum absolute atomic E-state index is 0.725. The maximum Gasteiger partial charge on any atom is 0.286 e. The van der Waals surface area contributed by atoms with Crippen molar-refractivity contribution in [3.63, 3.8) is 0 Å². The topological polar surface area (TPSA) is 46.3 Å². The molecule has 5 heteroatoms. The summed E-state index contributed by atoms with van der Waals surface area (Å²) in [5.74, 6) is 0.725. The lowest BCUT2D eigenvalue weighted by Gasteiger charge is -2.00. The second-order valence-electron chi connectivity index (χ2n) is 6.25. The number of hydrogen-bond donors (Lipinski definition) is 1. The van der Waals surface area contributed by atoms with Gasteiger partial charge in [0.05, 0.1) is 19.5 Å². The van der Waals surface area contributed by atoms with Gasteiger partial charge >= 0.3 is 0 Å². The lowest BCUT2D eigenvalue weighted by atomic mass is 10.1. The first kappa shape index (κ1) is 16.0. The van der Waals surface area contributed by atoms with Crippen LogP contribution in [-0.2, 0) is 7.05 Å². The van der Waals surface area contributed by atoms with Crippen LogP contribution in [0.15, 0.2) is 78.3 Å². The Morgan fingerprint density at radius 3 is 2.65 bits per heavy atom. The number of nitrogens with one attached hydrogen (secondary N) is 1. The van der Waals surface area contributed by atoms with Crippen LogP contribution in [0.3, 0.4) is 0 Å². The van der Waals surface area contributed by atoms with Gasteiger partial charge < -0.3 is 0 Å². The molecule has 0 unspecified atom stereocenters. The zero-order chi connectivity index (χ0) is 17.9. The van der Waals surface area contributed by atoms with Crippen molar-refractivity contribution < 1.29 is 4.40 Å². The number of benzene rings is 1. The van der Waals surface area contributed by atoms with Crippen LogP contribution in [0.4, 0.5) is 5.82 Å². The fourth-order valence-corrected chi connectivity index (χ4v) is 2.96. The molecule has 0 saturated carbocycles. The first-order valence-corrected chi connectivity index (χ1v) is 8.48. The molecule has 4 aromatic rings. The Hall–Kier alpha value is -3.47. The Morgan fingerprint density at radius 2 is 1.88 bits per heavy atom. The summed E-state index contributed by atoms with van der Waals surface area (Å²) < 4.78 is 4.36. The first-order chi connectivity index (χ1) is 12.7. The van der Waals surface area contributed by atoms with Gasteiger partial charge in [-0.15, -0.1) is 0 Å². The first-order valence-electron chi connectivity index (χ1n) is 8.48. The van der Waals surface area contributed by atoms with Gasteiger partial charge in [0.1, 0.15) is 12.0 Å². The van der Waals surface area contributed by atoms with E-state index in [0.29, 0.717) is 0 Å². The Bertz CT molecular complexity index is 1060. The summed E-state index contributed by atoms with van der Waals surface area (Å²) in [7, 11) is 2.09. The average molecular weight is 342 g/mol. The summed E-state index contributed by atoms with van der Waals surface area (Å²) in [5, 5.41) is 4.23. The molecule has 0 aliphatic rings. The Morgan fingerprint density at radius 1 is 1.04 bits per heavy atom. The third kappa shape index (κ3) is 3.19. The van der Waals surface area contributed by atoms with Gasteiger partial charge in [0.25, 0.3) is 5.65 Å². The molecule has 1 N–H and O–H groups in total. The van der Waals surface area contributed by atoms with E-state index in [1.807, 2.05) is 18.2 Å². The number of fused-ring (bicyclic) bond motifs is 1. The molecule has 0 atom stereocenters. The molecule has 1 aromatic carbocycles. The summed E-state index contributed by atoms with van der Waals surface area (Å²) in [6.07, 6.45) is 7.82. The molecular weight excluding hydrogens is 322 g/mol. The summed E-state index contributed by atoms with van der Waals surface area (Å²) in [6, 6.07) is 18.3. The predicted molar refractivity (Wildman–Crippen MR) is 104 cm³/mol. The number of imidazole rings is 1. The summed E-state index contributed by atoms with van der Waals surface area (Å²) in [4.78, 5) is 4.17. The van der Waals surface area contributed by atoms with E-state index in [0.717, 1.165) is 17.0 Å². The number of pyridine rings is 2. The minimum atomic E-state index is 0.725. The van der Waals surface area contributed by atoms with E-state index in [1.54, 1.807) is 12.4 Å². The summed E-state index contributed by atoms with van der Waals surface area (Å²) in [6.45, 7) is 2.10. The molecule has 0 radical (unpaired) electrons. The van der Waals surface area contributed by atoms with Gasteiger partial charge in [-0.1, -0.05) is 18.2 Å². The van der Waals surface area contributed by atoms with Gasteiger partial charge in [0.2, 0.25) is 0 Å². The van der Waals surface area contributed by atoms with E-state index in [9.17, 15) is 0 Å². The van der Waals surface area contributed by atoms with Crippen molar-refractivity contribution in [3.8, 4) is 11.3 Å². The maximum atomic E-state index is 4.23. The number of hydrogen-bond acceptors (Lipinski definition) is 3. The zero-order valence-electron chi connectivity index (χ0n) is 14.8. The van der Waals surface area contributed by atoms with Crippen LogP contribution in [0.2, 0.25) is 0 Å². The van der Waals surface area contributed by atoms with E-state index in [-0.39, 0.29) is 0 Å². The van der Waals surface area contributed by atoms with Crippen molar-refractivity contribution >= 4 is 17.7 Å². The van der Waals surface area contributed by atoms with E-state index >= 15 is 0 Å². The molecule has 0 aliphatic heterocycles.